The van der Waals surface area contributed by atoms with Gasteiger partial charge in [0.25, 0.3) is 0 Å². The van der Waals surface area contributed by atoms with Gasteiger partial charge < -0.3 is 5.32 Å². The molecule has 2 rings (SSSR count). The van der Waals surface area contributed by atoms with Crippen molar-refractivity contribution < 1.29 is 8.78 Å². The Balaban J connectivity index is 2.11. The van der Waals surface area contributed by atoms with Crippen molar-refractivity contribution in [1.82, 2.24) is 5.32 Å². The molecule has 0 aliphatic carbocycles. The van der Waals surface area contributed by atoms with Crippen molar-refractivity contribution in [2.24, 2.45) is 5.92 Å². The summed E-state index contributed by atoms with van der Waals surface area (Å²) in [7, 11) is 1.87. The van der Waals surface area contributed by atoms with Crippen LogP contribution in [0.15, 0.2) is 42.5 Å². The molecule has 0 saturated carbocycles. The van der Waals surface area contributed by atoms with E-state index in [-0.39, 0.29) is 5.92 Å². The minimum atomic E-state index is -0.532. The fourth-order valence-electron chi connectivity index (χ4n) is 2.56. The molecule has 0 aromatic heterocycles. The van der Waals surface area contributed by atoms with E-state index >= 15 is 0 Å². The van der Waals surface area contributed by atoms with E-state index in [1.54, 1.807) is 0 Å². The van der Waals surface area contributed by atoms with E-state index in [0.717, 1.165) is 24.6 Å². The van der Waals surface area contributed by atoms with Crippen LogP contribution in [0.2, 0.25) is 5.02 Å². The normalized spacial score (nSPS) is 12.4. The van der Waals surface area contributed by atoms with Gasteiger partial charge >= 0.3 is 0 Å². The molecule has 21 heavy (non-hydrogen) atoms. The summed E-state index contributed by atoms with van der Waals surface area (Å²) in [5.41, 5.74) is 1.80. The lowest BCUT2D eigenvalue weighted by Crippen LogP contribution is -2.23. The molecule has 0 fully saturated rings. The highest BCUT2D eigenvalue weighted by atomic mass is 35.5. The molecule has 112 valence electrons. The van der Waals surface area contributed by atoms with Crippen LogP contribution in [0.4, 0.5) is 8.78 Å². The molecule has 0 heterocycles. The minimum Gasteiger partial charge on any atom is -0.319 e. The Morgan fingerprint density at radius 3 is 2.29 bits per heavy atom. The van der Waals surface area contributed by atoms with E-state index < -0.39 is 11.6 Å². The predicted octanol–water partition coefficient (Wildman–Crippen LogP) is 4.24. The van der Waals surface area contributed by atoms with Crippen LogP contribution in [0.5, 0.6) is 0 Å². The highest BCUT2D eigenvalue weighted by Gasteiger charge is 2.12. The Labute approximate surface area is 128 Å². The summed E-state index contributed by atoms with van der Waals surface area (Å²) < 4.78 is 26.5. The maximum atomic E-state index is 13.3. The number of nitrogens with one attached hydrogen (secondary N) is 1. The molecule has 2 aromatic rings. The van der Waals surface area contributed by atoms with Crippen LogP contribution in [-0.4, -0.2) is 13.6 Å². The van der Waals surface area contributed by atoms with Crippen molar-refractivity contribution in [2.45, 2.75) is 12.8 Å². The maximum absolute atomic E-state index is 13.3. The molecule has 0 radical (unpaired) electrons. The first-order valence-corrected chi connectivity index (χ1v) is 7.28. The van der Waals surface area contributed by atoms with E-state index in [1.807, 2.05) is 31.3 Å². The molecule has 1 N–H and O–H groups in total. The van der Waals surface area contributed by atoms with Gasteiger partial charge in [-0.2, -0.15) is 0 Å². The van der Waals surface area contributed by atoms with E-state index in [0.29, 0.717) is 17.0 Å². The molecule has 0 aliphatic heterocycles. The Morgan fingerprint density at radius 1 is 1.00 bits per heavy atom. The van der Waals surface area contributed by atoms with Crippen molar-refractivity contribution in [2.75, 3.05) is 13.6 Å². The van der Waals surface area contributed by atoms with Gasteiger partial charge in [-0.25, -0.2) is 8.78 Å². The Kier molecular flexibility index (Phi) is 5.71. The second-order valence-electron chi connectivity index (χ2n) is 5.24. The van der Waals surface area contributed by atoms with Gasteiger partial charge in [0.2, 0.25) is 0 Å². The zero-order valence-electron chi connectivity index (χ0n) is 11.9. The van der Waals surface area contributed by atoms with Crippen LogP contribution in [0.1, 0.15) is 11.1 Å². The molecule has 1 nitrogen and oxygen atoms in total. The van der Waals surface area contributed by atoms with Crippen molar-refractivity contribution in [3.63, 3.8) is 0 Å². The smallest absolute Gasteiger partial charge is 0.126 e. The topological polar surface area (TPSA) is 12.0 Å². The van der Waals surface area contributed by atoms with Crippen molar-refractivity contribution in [3.05, 3.63) is 70.2 Å². The number of hydrogen-bond acceptors (Lipinski definition) is 1. The molecule has 0 saturated heterocycles. The molecule has 0 aliphatic rings. The molecule has 0 bridgehead atoms. The maximum Gasteiger partial charge on any atom is 0.126 e. The highest BCUT2D eigenvalue weighted by Crippen LogP contribution is 2.19. The van der Waals surface area contributed by atoms with Gasteiger partial charge in [-0.3, -0.25) is 0 Å². The van der Waals surface area contributed by atoms with Crippen molar-refractivity contribution in [1.29, 1.82) is 0 Å². The number of rotatable bonds is 6. The Hall–Kier alpha value is -1.45. The second kappa shape index (κ2) is 7.53. The van der Waals surface area contributed by atoms with Crippen LogP contribution in [0.3, 0.4) is 0 Å². The fourth-order valence-corrected chi connectivity index (χ4v) is 2.78. The van der Waals surface area contributed by atoms with E-state index in [4.69, 9.17) is 11.6 Å². The summed E-state index contributed by atoms with van der Waals surface area (Å²) in [6, 6.07) is 11.4. The van der Waals surface area contributed by atoms with Gasteiger partial charge in [-0.15, -0.1) is 0 Å². The van der Waals surface area contributed by atoms with Gasteiger partial charge in [0.15, 0.2) is 0 Å². The quantitative estimate of drug-likeness (QED) is 0.841. The van der Waals surface area contributed by atoms with Gasteiger partial charge in [-0.05, 0) is 67.7 Å². The van der Waals surface area contributed by atoms with E-state index in [9.17, 15) is 8.78 Å². The third-order valence-electron chi connectivity index (χ3n) is 3.35. The lowest BCUT2D eigenvalue weighted by Gasteiger charge is -2.17. The zero-order valence-corrected chi connectivity index (χ0v) is 12.6. The predicted molar refractivity (Wildman–Crippen MR) is 82.6 cm³/mol. The second-order valence-corrected chi connectivity index (χ2v) is 5.68. The summed E-state index contributed by atoms with van der Waals surface area (Å²) in [6.45, 7) is 0.768. The summed E-state index contributed by atoms with van der Waals surface area (Å²) in [4.78, 5) is 0. The standard InChI is InChI=1S/C17H18ClF2N/c1-21-11-14(5-12-3-2-4-15(18)7-12)6-13-8-16(19)10-17(20)9-13/h2-4,7-10,14,21H,5-6,11H2,1H3. The Morgan fingerprint density at radius 2 is 1.67 bits per heavy atom. The third kappa shape index (κ3) is 5.10. The number of hydrogen-bond donors (Lipinski definition) is 1. The summed E-state index contributed by atoms with van der Waals surface area (Å²) in [6.07, 6.45) is 1.42. The lowest BCUT2D eigenvalue weighted by molar-refractivity contribution is 0.489. The Bertz CT molecular complexity index is 581. The number of benzene rings is 2. The first kappa shape index (κ1) is 15.9. The molecular formula is C17H18ClF2N. The van der Waals surface area contributed by atoms with Crippen molar-refractivity contribution >= 4 is 11.6 Å². The SMILES string of the molecule is CNCC(Cc1cc(F)cc(F)c1)Cc1cccc(Cl)c1. The van der Waals surface area contributed by atoms with Crippen LogP contribution >= 0.6 is 11.6 Å². The average molecular weight is 310 g/mol. The van der Waals surface area contributed by atoms with Crippen LogP contribution in [0, 0.1) is 17.6 Å². The fraction of sp³-hybridized carbons (Fsp3) is 0.294. The summed E-state index contributed by atoms with van der Waals surface area (Å²) in [5, 5.41) is 3.83. The first-order chi connectivity index (χ1) is 10.1. The summed E-state index contributed by atoms with van der Waals surface area (Å²) >= 11 is 5.99. The van der Waals surface area contributed by atoms with E-state index in [2.05, 4.69) is 5.32 Å². The monoisotopic (exact) mass is 309 g/mol. The molecule has 4 heteroatoms. The molecule has 1 unspecified atom stereocenters. The minimum absolute atomic E-state index is 0.245. The first-order valence-electron chi connectivity index (χ1n) is 6.91. The van der Waals surface area contributed by atoms with Gasteiger partial charge in [-0.1, -0.05) is 23.7 Å². The van der Waals surface area contributed by atoms with Crippen LogP contribution in [-0.2, 0) is 12.8 Å². The molecule has 0 spiro atoms. The zero-order chi connectivity index (χ0) is 15.2. The van der Waals surface area contributed by atoms with Crippen molar-refractivity contribution in [3.8, 4) is 0 Å². The average Bonchev–Trinajstić information content (AvgIpc) is 2.37. The largest absolute Gasteiger partial charge is 0.319 e. The van der Waals surface area contributed by atoms with Crippen LogP contribution < -0.4 is 5.32 Å². The van der Waals surface area contributed by atoms with Gasteiger partial charge in [0, 0.05) is 11.1 Å². The molecular weight excluding hydrogens is 292 g/mol. The van der Waals surface area contributed by atoms with Crippen LogP contribution in [0.25, 0.3) is 0 Å². The summed E-state index contributed by atoms with van der Waals surface area (Å²) in [5.74, 6) is -0.818. The number of halogens is 3. The van der Waals surface area contributed by atoms with Gasteiger partial charge in [0.05, 0.1) is 0 Å². The molecule has 2 aromatic carbocycles. The van der Waals surface area contributed by atoms with Gasteiger partial charge in [0.1, 0.15) is 11.6 Å². The highest BCUT2D eigenvalue weighted by molar-refractivity contribution is 6.30. The third-order valence-corrected chi connectivity index (χ3v) is 3.59. The molecule has 1 atom stereocenters. The van der Waals surface area contributed by atoms with E-state index in [1.165, 1.54) is 12.1 Å². The molecule has 0 amide bonds. The lowest BCUT2D eigenvalue weighted by atomic mass is 9.92.